The van der Waals surface area contributed by atoms with Gasteiger partial charge in [0, 0.05) is 11.3 Å². The molecule has 136 valence electrons. The van der Waals surface area contributed by atoms with Gasteiger partial charge < -0.3 is 5.32 Å². The van der Waals surface area contributed by atoms with E-state index in [2.05, 4.69) is 10.3 Å². The Hall–Kier alpha value is -3.48. The monoisotopic (exact) mass is 368 g/mol. The van der Waals surface area contributed by atoms with Gasteiger partial charge in [-0.1, -0.05) is 6.07 Å². The lowest BCUT2D eigenvalue weighted by Gasteiger charge is -2.12. The van der Waals surface area contributed by atoms with Crippen LogP contribution in [0.2, 0.25) is 0 Å². The average Bonchev–Trinajstić information content (AvgIpc) is 2.59. The number of nitrogens with zero attached hydrogens (tertiary/aromatic N) is 1. The van der Waals surface area contributed by atoms with Gasteiger partial charge in [-0.05, 0) is 61.4 Å². The van der Waals surface area contributed by atoms with Crippen LogP contribution in [-0.2, 0) is 0 Å². The highest BCUT2D eigenvalue weighted by atomic mass is 19.1. The van der Waals surface area contributed by atoms with E-state index in [-0.39, 0.29) is 5.82 Å². The number of aromatic nitrogens is 1. The zero-order valence-electron chi connectivity index (χ0n) is 14.5. The standard InChI is InChI=1S/C20H14F2N2O3/c1-10-8-16-17(27-26-16)9-13(10)12-6-7-18(23-11(12)2)24-20(25)19-14(21)4-3-5-15(19)22/h3-9H,1-2H3,(H,23,24,25). The minimum Gasteiger partial charge on any atom is -0.306 e. The first kappa shape index (κ1) is 17.0. The SMILES string of the molecule is Cc1cc2ooc2cc1-c1ccc(NC(=O)c2c(F)cccc2F)nc1C. The Morgan fingerprint density at radius 3 is 2.26 bits per heavy atom. The van der Waals surface area contributed by atoms with Crippen molar-refractivity contribution in [2.75, 3.05) is 5.32 Å². The summed E-state index contributed by atoms with van der Waals surface area (Å²) in [5.41, 5.74) is 4.06. The van der Waals surface area contributed by atoms with Crippen molar-refractivity contribution in [2.24, 2.45) is 0 Å². The second-order valence-corrected chi connectivity index (χ2v) is 6.16. The molecule has 0 aliphatic rings. The highest BCUT2D eigenvalue weighted by Crippen LogP contribution is 2.32. The van der Waals surface area contributed by atoms with Gasteiger partial charge in [-0.25, -0.2) is 13.8 Å². The third-order valence-electron chi connectivity index (χ3n) is 4.32. The molecule has 0 atom stereocenters. The van der Waals surface area contributed by atoms with Gasteiger partial charge in [-0.15, -0.1) is 0 Å². The van der Waals surface area contributed by atoms with Crippen LogP contribution in [0.4, 0.5) is 14.6 Å². The van der Waals surface area contributed by atoms with Gasteiger partial charge >= 0.3 is 0 Å². The van der Waals surface area contributed by atoms with Crippen LogP contribution < -0.4 is 5.32 Å². The molecule has 0 radical (unpaired) electrons. The molecule has 4 aromatic rings. The fraction of sp³-hybridized carbons (Fsp3) is 0.100. The number of aryl methyl sites for hydroxylation is 2. The van der Waals surface area contributed by atoms with E-state index in [0.717, 1.165) is 28.8 Å². The van der Waals surface area contributed by atoms with Crippen molar-refractivity contribution in [1.29, 1.82) is 0 Å². The number of anilines is 1. The molecule has 0 saturated carbocycles. The summed E-state index contributed by atoms with van der Waals surface area (Å²) in [4.78, 5) is 16.5. The molecule has 0 aliphatic heterocycles. The average molecular weight is 368 g/mol. The van der Waals surface area contributed by atoms with E-state index in [4.69, 9.17) is 9.15 Å². The summed E-state index contributed by atoms with van der Waals surface area (Å²) in [5.74, 6) is -2.56. The Kier molecular flexibility index (Phi) is 3.99. The molecule has 0 unspecified atom stereocenters. The van der Waals surface area contributed by atoms with Crippen LogP contribution in [0.15, 0.2) is 51.6 Å². The molecule has 4 rings (SSSR count). The van der Waals surface area contributed by atoms with E-state index in [1.807, 2.05) is 19.1 Å². The zero-order valence-corrected chi connectivity index (χ0v) is 14.5. The smallest absolute Gasteiger partial charge is 0.262 e. The number of fused-ring (bicyclic) bond motifs is 1. The number of halogens is 2. The number of nitrogens with one attached hydrogen (secondary N) is 1. The number of pyridine rings is 1. The molecule has 2 heterocycles. The Balaban J connectivity index is 1.64. The van der Waals surface area contributed by atoms with Gasteiger partial charge in [-0.3, -0.25) is 13.9 Å². The molecule has 0 saturated heterocycles. The minimum absolute atomic E-state index is 0.199. The number of amides is 1. The Morgan fingerprint density at radius 1 is 0.963 bits per heavy atom. The van der Waals surface area contributed by atoms with Gasteiger partial charge in [0.2, 0.25) is 11.2 Å². The van der Waals surface area contributed by atoms with Gasteiger partial charge in [0.25, 0.3) is 5.91 Å². The van der Waals surface area contributed by atoms with Crippen LogP contribution in [0.25, 0.3) is 22.3 Å². The highest BCUT2D eigenvalue weighted by molar-refractivity contribution is 6.04. The van der Waals surface area contributed by atoms with Gasteiger partial charge in [-0.2, -0.15) is 0 Å². The summed E-state index contributed by atoms with van der Waals surface area (Å²) < 4.78 is 37.3. The fourth-order valence-corrected chi connectivity index (χ4v) is 2.95. The summed E-state index contributed by atoms with van der Waals surface area (Å²) in [6, 6.07) is 10.3. The number of rotatable bonds is 3. The van der Waals surface area contributed by atoms with Crippen LogP contribution in [-0.4, -0.2) is 10.9 Å². The first-order chi connectivity index (χ1) is 12.9. The minimum atomic E-state index is -0.930. The normalized spacial score (nSPS) is 11.1. The summed E-state index contributed by atoms with van der Waals surface area (Å²) in [7, 11) is 0. The van der Waals surface area contributed by atoms with Crippen LogP contribution in [0, 0.1) is 25.5 Å². The number of hydrogen-bond acceptors (Lipinski definition) is 4. The molecule has 27 heavy (non-hydrogen) atoms. The van der Waals surface area contributed by atoms with Crippen LogP contribution in [0.1, 0.15) is 21.6 Å². The topological polar surface area (TPSA) is 68.3 Å². The molecule has 0 spiro atoms. The van der Waals surface area contributed by atoms with Crippen LogP contribution in [0.5, 0.6) is 0 Å². The van der Waals surface area contributed by atoms with E-state index in [9.17, 15) is 13.6 Å². The number of benzene rings is 2. The van der Waals surface area contributed by atoms with E-state index in [1.165, 1.54) is 6.07 Å². The van der Waals surface area contributed by atoms with Gasteiger partial charge in [0.15, 0.2) is 0 Å². The summed E-state index contributed by atoms with van der Waals surface area (Å²) in [5, 5.41) is 2.43. The summed E-state index contributed by atoms with van der Waals surface area (Å²) >= 11 is 0. The maximum atomic E-state index is 13.7. The first-order valence-electron chi connectivity index (χ1n) is 8.16. The number of carbonyl (C=O) groups is 1. The van der Waals surface area contributed by atoms with Crippen LogP contribution in [0.3, 0.4) is 0 Å². The van der Waals surface area contributed by atoms with E-state index < -0.39 is 23.1 Å². The number of carbonyl (C=O) groups excluding carboxylic acids is 1. The van der Waals surface area contributed by atoms with E-state index in [0.29, 0.717) is 16.9 Å². The highest BCUT2D eigenvalue weighted by Gasteiger charge is 2.18. The van der Waals surface area contributed by atoms with Crippen molar-refractivity contribution in [1.82, 2.24) is 4.98 Å². The van der Waals surface area contributed by atoms with Crippen molar-refractivity contribution >= 4 is 22.9 Å². The number of hydrogen-bond donors (Lipinski definition) is 1. The third kappa shape index (κ3) is 2.97. The second kappa shape index (κ2) is 6.35. The molecular weight excluding hydrogens is 354 g/mol. The lowest BCUT2D eigenvalue weighted by Crippen LogP contribution is -2.16. The van der Waals surface area contributed by atoms with Crippen LogP contribution >= 0.6 is 0 Å². The van der Waals surface area contributed by atoms with E-state index >= 15 is 0 Å². The molecule has 0 aliphatic carbocycles. The van der Waals surface area contributed by atoms with Crippen molar-refractivity contribution < 1.29 is 22.7 Å². The maximum Gasteiger partial charge on any atom is 0.262 e. The molecule has 2 aromatic carbocycles. The first-order valence-corrected chi connectivity index (χ1v) is 8.16. The Morgan fingerprint density at radius 2 is 1.63 bits per heavy atom. The predicted octanol–water partition coefficient (Wildman–Crippen LogP) is 5.24. The quantitative estimate of drug-likeness (QED) is 0.503. The lowest BCUT2D eigenvalue weighted by molar-refractivity contribution is 0.0589. The fourth-order valence-electron chi connectivity index (χ4n) is 2.95. The van der Waals surface area contributed by atoms with Crippen molar-refractivity contribution in [3.63, 3.8) is 0 Å². The molecule has 1 N–H and O–H groups in total. The second-order valence-electron chi connectivity index (χ2n) is 6.16. The van der Waals surface area contributed by atoms with Gasteiger partial charge in [0.05, 0.1) is 0 Å². The zero-order chi connectivity index (χ0) is 19.1. The molecule has 1 amide bonds. The third-order valence-corrected chi connectivity index (χ3v) is 4.32. The van der Waals surface area contributed by atoms with Crippen molar-refractivity contribution in [2.45, 2.75) is 13.8 Å². The summed E-state index contributed by atoms with van der Waals surface area (Å²) in [6.45, 7) is 3.72. The maximum absolute atomic E-state index is 13.7. The lowest BCUT2D eigenvalue weighted by atomic mass is 9.99. The molecule has 0 fully saturated rings. The van der Waals surface area contributed by atoms with E-state index in [1.54, 1.807) is 19.1 Å². The molecule has 0 bridgehead atoms. The summed E-state index contributed by atoms with van der Waals surface area (Å²) in [6.07, 6.45) is 0. The van der Waals surface area contributed by atoms with Crippen molar-refractivity contribution in [3.05, 3.63) is 70.9 Å². The predicted molar refractivity (Wildman–Crippen MR) is 95.5 cm³/mol. The molecule has 7 heteroatoms. The van der Waals surface area contributed by atoms with Crippen molar-refractivity contribution in [3.8, 4) is 11.1 Å². The van der Waals surface area contributed by atoms with Gasteiger partial charge in [0.1, 0.15) is 23.0 Å². The Bertz CT molecular complexity index is 1160. The molecular formula is C20H14F2N2O3. The molecule has 2 aromatic heterocycles. The Labute approximate surface area is 152 Å². The molecule has 5 nitrogen and oxygen atoms in total. The largest absolute Gasteiger partial charge is 0.306 e.